The molecule has 2 aromatic carbocycles. The van der Waals surface area contributed by atoms with E-state index in [9.17, 15) is 9.90 Å². The maximum Gasteiger partial charge on any atom is 0.306 e. The van der Waals surface area contributed by atoms with Crippen LogP contribution in [-0.4, -0.2) is 29.1 Å². The number of carboxylic acids is 1. The Balaban J connectivity index is 1.95. The summed E-state index contributed by atoms with van der Waals surface area (Å²) in [4.78, 5) is 13.8. The number of carboxylic acid groups (broad SMARTS) is 1. The Morgan fingerprint density at radius 2 is 1.44 bits per heavy atom. The number of benzene rings is 2. The van der Waals surface area contributed by atoms with Crippen LogP contribution in [0.25, 0.3) is 0 Å². The first-order valence-electron chi connectivity index (χ1n) is 10.00. The molecule has 1 aliphatic heterocycles. The average Bonchev–Trinajstić information content (AvgIpc) is 2.62. The van der Waals surface area contributed by atoms with Crippen molar-refractivity contribution in [1.82, 2.24) is 4.90 Å². The molecule has 1 saturated heterocycles. The fraction of sp³-hybridized carbons (Fsp3) is 0.458. The smallest absolute Gasteiger partial charge is 0.306 e. The number of rotatable bonds is 5. The van der Waals surface area contributed by atoms with Crippen LogP contribution in [0.1, 0.15) is 66.5 Å². The molecule has 1 fully saturated rings. The highest BCUT2D eigenvalue weighted by molar-refractivity contribution is 5.70. The van der Waals surface area contributed by atoms with E-state index in [0.717, 1.165) is 25.9 Å². The number of likely N-dealkylation sites (tertiary alicyclic amines) is 1. The van der Waals surface area contributed by atoms with Gasteiger partial charge in [-0.05, 0) is 62.4 Å². The minimum Gasteiger partial charge on any atom is -0.481 e. The molecular formula is C24H31NO2. The van der Waals surface area contributed by atoms with Gasteiger partial charge < -0.3 is 5.11 Å². The number of hydrogen-bond donors (Lipinski definition) is 1. The van der Waals surface area contributed by atoms with Gasteiger partial charge in [0.05, 0.1) is 12.0 Å². The van der Waals surface area contributed by atoms with Gasteiger partial charge in [-0.25, -0.2) is 0 Å². The molecule has 3 rings (SSSR count). The SMILES string of the molecule is Cc1cc(C)cc(C(c2ccc(C(C)C)cc2)N2CCC(C(=O)O)CC2)c1. The summed E-state index contributed by atoms with van der Waals surface area (Å²) < 4.78 is 0. The van der Waals surface area contributed by atoms with Crippen molar-refractivity contribution < 1.29 is 9.90 Å². The van der Waals surface area contributed by atoms with Gasteiger partial charge in [-0.1, -0.05) is 67.4 Å². The van der Waals surface area contributed by atoms with Crippen molar-refractivity contribution in [3.63, 3.8) is 0 Å². The monoisotopic (exact) mass is 365 g/mol. The molecule has 1 atom stereocenters. The van der Waals surface area contributed by atoms with E-state index in [1.54, 1.807) is 0 Å². The molecular weight excluding hydrogens is 334 g/mol. The second kappa shape index (κ2) is 8.26. The number of aryl methyl sites for hydroxylation is 2. The summed E-state index contributed by atoms with van der Waals surface area (Å²) in [6.45, 7) is 10.4. The summed E-state index contributed by atoms with van der Waals surface area (Å²) in [7, 11) is 0. The molecule has 0 aromatic heterocycles. The van der Waals surface area contributed by atoms with E-state index in [1.807, 2.05) is 0 Å². The zero-order valence-corrected chi connectivity index (χ0v) is 16.9. The second-order valence-electron chi connectivity index (χ2n) is 8.29. The van der Waals surface area contributed by atoms with Crippen LogP contribution in [0.4, 0.5) is 0 Å². The Bertz CT molecular complexity index is 766. The zero-order valence-electron chi connectivity index (χ0n) is 16.9. The lowest BCUT2D eigenvalue weighted by molar-refractivity contribution is -0.143. The lowest BCUT2D eigenvalue weighted by Crippen LogP contribution is -2.39. The van der Waals surface area contributed by atoms with E-state index < -0.39 is 5.97 Å². The molecule has 0 radical (unpaired) electrons. The van der Waals surface area contributed by atoms with Gasteiger partial charge in [0, 0.05) is 0 Å². The molecule has 27 heavy (non-hydrogen) atoms. The highest BCUT2D eigenvalue weighted by Crippen LogP contribution is 2.34. The van der Waals surface area contributed by atoms with Gasteiger partial charge in [0.2, 0.25) is 0 Å². The third kappa shape index (κ3) is 4.59. The molecule has 0 aliphatic carbocycles. The van der Waals surface area contributed by atoms with Crippen molar-refractivity contribution in [2.24, 2.45) is 5.92 Å². The molecule has 1 unspecified atom stereocenters. The molecule has 2 aromatic rings. The van der Waals surface area contributed by atoms with E-state index in [4.69, 9.17) is 0 Å². The fourth-order valence-corrected chi connectivity index (χ4v) is 4.25. The standard InChI is InChI=1S/C24H31NO2/c1-16(2)19-5-7-20(8-6-19)23(22-14-17(3)13-18(4)15-22)25-11-9-21(10-12-25)24(26)27/h5-8,13-16,21,23H,9-12H2,1-4H3,(H,26,27). The predicted molar refractivity (Wildman–Crippen MR) is 110 cm³/mol. The highest BCUT2D eigenvalue weighted by Gasteiger charge is 2.30. The summed E-state index contributed by atoms with van der Waals surface area (Å²) in [5, 5.41) is 9.33. The van der Waals surface area contributed by atoms with E-state index in [2.05, 4.69) is 75.1 Å². The molecule has 1 aliphatic rings. The number of carbonyl (C=O) groups is 1. The molecule has 0 amide bonds. The summed E-state index contributed by atoms with van der Waals surface area (Å²) in [5.74, 6) is -0.339. The van der Waals surface area contributed by atoms with Gasteiger partial charge in [0.1, 0.15) is 0 Å². The first-order chi connectivity index (χ1) is 12.8. The average molecular weight is 366 g/mol. The van der Waals surface area contributed by atoms with E-state index >= 15 is 0 Å². The van der Waals surface area contributed by atoms with Crippen molar-refractivity contribution >= 4 is 5.97 Å². The van der Waals surface area contributed by atoms with Crippen molar-refractivity contribution in [3.8, 4) is 0 Å². The number of hydrogen-bond acceptors (Lipinski definition) is 2. The normalized spacial score (nSPS) is 17.2. The zero-order chi connectivity index (χ0) is 19.6. The maximum atomic E-state index is 11.3. The third-order valence-corrected chi connectivity index (χ3v) is 5.72. The number of nitrogens with zero attached hydrogens (tertiary/aromatic N) is 1. The van der Waals surface area contributed by atoms with Crippen molar-refractivity contribution in [2.75, 3.05) is 13.1 Å². The molecule has 144 valence electrons. The quantitative estimate of drug-likeness (QED) is 0.780. The predicted octanol–water partition coefficient (Wildman–Crippen LogP) is 5.31. The van der Waals surface area contributed by atoms with Crippen LogP contribution in [0.3, 0.4) is 0 Å². The van der Waals surface area contributed by atoms with Crippen LogP contribution in [0.2, 0.25) is 0 Å². The van der Waals surface area contributed by atoms with Gasteiger partial charge in [-0.3, -0.25) is 9.69 Å². The number of aliphatic carboxylic acids is 1. The Hall–Kier alpha value is -2.13. The van der Waals surface area contributed by atoms with Gasteiger partial charge in [-0.2, -0.15) is 0 Å². The van der Waals surface area contributed by atoms with E-state index in [0.29, 0.717) is 5.92 Å². The first kappa shape index (κ1) is 19.6. The number of piperidine rings is 1. The summed E-state index contributed by atoms with van der Waals surface area (Å²) in [6.07, 6.45) is 1.45. The van der Waals surface area contributed by atoms with Crippen molar-refractivity contribution in [3.05, 3.63) is 70.3 Å². The van der Waals surface area contributed by atoms with Gasteiger partial charge in [-0.15, -0.1) is 0 Å². The molecule has 3 heteroatoms. The Morgan fingerprint density at radius 1 is 0.926 bits per heavy atom. The van der Waals surface area contributed by atoms with Crippen LogP contribution in [0, 0.1) is 19.8 Å². The Kier molecular flexibility index (Phi) is 6.01. The van der Waals surface area contributed by atoms with Crippen LogP contribution in [0.5, 0.6) is 0 Å². The second-order valence-corrected chi connectivity index (χ2v) is 8.29. The maximum absolute atomic E-state index is 11.3. The fourth-order valence-electron chi connectivity index (χ4n) is 4.25. The third-order valence-electron chi connectivity index (χ3n) is 5.72. The van der Waals surface area contributed by atoms with Crippen LogP contribution in [-0.2, 0) is 4.79 Å². The lowest BCUT2D eigenvalue weighted by Gasteiger charge is -2.37. The minimum atomic E-state index is -0.654. The topological polar surface area (TPSA) is 40.5 Å². The minimum absolute atomic E-state index is 0.180. The Labute approximate surface area is 163 Å². The molecule has 0 spiro atoms. The first-order valence-corrected chi connectivity index (χ1v) is 10.00. The van der Waals surface area contributed by atoms with E-state index in [1.165, 1.54) is 27.8 Å². The van der Waals surface area contributed by atoms with Crippen molar-refractivity contribution in [2.45, 2.75) is 52.5 Å². The van der Waals surface area contributed by atoms with Crippen molar-refractivity contribution in [1.29, 1.82) is 0 Å². The lowest BCUT2D eigenvalue weighted by atomic mass is 9.89. The molecule has 1 heterocycles. The van der Waals surface area contributed by atoms with Gasteiger partial charge in [0.25, 0.3) is 0 Å². The van der Waals surface area contributed by atoms with E-state index in [-0.39, 0.29) is 12.0 Å². The van der Waals surface area contributed by atoms with Crippen LogP contribution < -0.4 is 0 Å². The van der Waals surface area contributed by atoms with Crippen LogP contribution in [0.15, 0.2) is 42.5 Å². The Morgan fingerprint density at radius 3 is 1.93 bits per heavy atom. The summed E-state index contributed by atoms with van der Waals surface area (Å²) >= 11 is 0. The summed E-state index contributed by atoms with van der Waals surface area (Å²) in [5.41, 5.74) is 6.49. The van der Waals surface area contributed by atoms with Crippen LogP contribution >= 0.6 is 0 Å². The molecule has 3 nitrogen and oxygen atoms in total. The largest absolute Gasteiger partial charge is 0.481 e. The molecule has 0 bridgehead atoms. The highest BCUT2D eigenvalue weighted by atomic mass is 16.4. The van der Waals surface area contributed by atoms with Gasteiger partial charge >= 0.3 is 5.97 Å². The van der Waals surface area contributed by atoms with Gasteiger partial charge in [0.15, 0.2) is 0 Å². The molecule has 1 N–H and O–H groups in total. The summed E-state index contributed by atoms with van der Waals surface area (Å²) in [6, 6.07) is 15.9. The molecule has 0 saturated carbocycles.